The number of ether oxygens (including phenoxy) is 6. The van der Waals surface area contributed by atoms with Crippen molar-refractivity contribution in [3.8, 4) is 46.0 Å². The highest BCUT2D eigenvalue weighted by Gasteiger charge is 2.50. The van der Waals surface area contributed by atoms with E-state index in [2.05, 4.69) is 0 Å². The third-order valence-electron chi connectivity index (χ3n) is 8.88. The fourth-order valence-corrected chi connectivity index (χ4v) is 5.93. The van der Waals surface area contributed by atoms with Crippen molar-refractivity contribution in [3.05, 3.63) is 64.9 Å². The number of aromatic hydroxyl groups is 7. The van der Waals surface area contributed by atoms with Crippen molar-refractivity contribution < 1.29 is 94.5 Å². The maximum Gasteiger partial charge on any atom is 0.339 e. The number of aliphatic hydroxyl groups is 5. The molecule has 0 saturated carbocycles. The van der Waals surface area contributed by atoms with Gasteiger partial charge in [0.25, 0.3) is 0 Å². The van der Waals surface area contributed by atoms with Crippen molar-refractivity contribution in [2.45, 2.75) is 74.4 Å². The van der Waals surface area contributed by atoms with E-state index in [0.29, 0.717) is 0 Å². The molecule has 3 aliphatic heterocycles. The number of hydrogen-bond donors (Lipinski definition) is 12. The lowest BCUT2D eigenvalue weighted by atomic mass is 9.97. The van der Waals surface area contributed by atoms with Crippen molar-refractivity contribution in [3.63, 3.8) is 0 Å². The molecule has 0 spiro atoms. The third-order valence-corrected chi connectivity index (χ3v) is 8.88. The summed E-state index contributed by atoms with van der Waals surface area (Å²) in [5.41, 5.74) is -0.397. The Morgan fingerprint density at radius 3 is 2.09 bits per heavy atom. The van der Waals surface area contributed by atoms with E-state index in [-0.39, 0.29) is 28.4 Å². The van der Waals surface area contributed by atoms with Crippen LogP contribution in [0.5, 0.6) is 46.0 Å². The highest BCUT2D eigenvalue weighted by molar-refractivity contribution is 5.91. The fraction of sp³-hybridized carbons (Fsp3) is 0.382. The first-order valence-corrected chi connectivity index (χ1v) is 16.0. The van der Waals surface area contributed by atoms with Gasteiger partial charge in [0.15, 0.2) is 47.2 Å². The van der Waals surface area contributed by atoms with Gasteiger partial charge < -0.3 is 89.7 Å². The lowest BCUT2D eigenvalue weighted by Gasteiger charge is -2.44. The summed E-state index contributed by atoms with van der Waals surface area (Å²) in [4.78, 5) is 13.3. The minimum absolute atomic E-state index is 0.0183. The third kappa shape index (κ3) is 7.36. The lowest BCUT2D eigenvalue weighted by Crippen LogP contribution is -2.62. The monoisotopic (exact) mass is 748 g/mol. The van der Waals surface area contributed by atoms with E-state index < -0.39 is 120 Å². The van der Waals surface area contributed by atoms with Crippen molar-refractivity contribution in [2.24, 2.45) is 0 Å². The summed E-state index contributed by atoms with van der Waals surface area (Å²) in [7, 11) is 0. The van der Waals surface area contributed by atoms with Gasteiger partial charge in [0.2, 0.25) is 6.29 Å². The van der Waals surface area contributed by atoms with E-state index in [1.807, 2.05) is 0 Å². The van der Waals surface area contributed by atoms with Crippen LogP contribution in [0.3, 0.4) is 0 Å². The fourth-order valence-electron chi connectivity index (χ4n) is 5.93. The molecule has 6 rings (SSSR count). The number of hydrogen-bond acceptors (Lipinski definition) is 19. The standard InChI is InChI=1S/C34H36O19/c1-11-24(41)27(44)29(46)33(49-11)48-10-23-26(43)28(45)31(53-32(47)13-5-19(39)25(42)20(40)6-13)34(52-23)51-22-9-15-17(37)7-14(35)8-21(15)50-30(22)12-2-3-16(36)18(38)4-12/h2-9,11,23-24,26-31,33-46H,10H2,1H3/t11-,23+,24-,26+,27-,28+,29+,30?,31-,33+,34+/m0/s1. The van der Waals surface area contributed by atoms with Gasteiger partial charge in [-0.3, -0.25) is 0 Å². The molecule has 0 aliphatic carbocycles. The molecule has 19 nitrogen and oxygen atoms in total. The number of carbonyl (C=O) groups excluding carboxylic acids is 1. The Balaban J connectivity index is 1.35. The van der Waals surface area contributed by atoms with E-state index in [0.717, 1.165) is 30.3 Å². The molecule has 2 saturated heterocycles. The molecule has 11 atom stereocenters. The molecular weight excluding hydrogens is 712 g/mol. The van der Waals surface area contributed by atoms with Gasteiger partial charge in [-0.05, 0) is 37.3 Å². The van der Waals surface area contributed by atoms with Crippen LogP contribution >= 0.6 is 0 Å². The molecular formula is C34H36O19. The molecule has 1 unspecified atom stereocenters. The summed E-state index contributed by atoms with van der Waals surface area (Å²) >= 11 is 0. The first-order valence-electron chi connectivity index (χ1n) is 16.0. The molecule has 53 heavy (non-hydrogen) atoms. The van der Waals surface area contributed by atoms with Crippen molar-refractivity contribution >= 4 is 12.0 Å². The SMILES string of the molecule is C[C@@H]1O[C@@H](OC[C@H]2O[C@@H](OC3=Cc4c(O)cc(O)cc4OC3c3ccc(O)c(O)c3)[C@@H](OC(=O)c3cc(O)c(O)c(O)c3)[C@H](O)[C@@H]2O)[C@H](O)[C@@H](O)[C@H]1O. The minimum atomic E-state index is -2.05. The zero-order chi connectivity index (χ0) is 38.5. The van der Waals surface area contributed by atoms with Gasteiger partial charge in [0.1, 0.15) is 59.6 Å². The molecule has 2 fully saturated rings. The molecule has 12 N–H and O–H groups in total. The average molecular weight is 749 g/mol. The zero-order valence-corrected chi connectivity index (χ0v) is 27.4. The van der Waals surface area contributed by atoms with Crippen LogP contribution in [0.15, 0.2) is 48.2 Å². The quantitative estimate of drug-likeness (QED) is 0.103. The Labute approximate surface area is 298 Å². The Morgan fingerprint density at radius 2 is 1.42 bits per heavy atom. The van der Waals surface area contributed by atoms with Gasteiger partial charge in [-0.15, -0.1) is 0 Å². The highest BCUT2D eigenvalue weighted by Crippen LogP contribution is 2.46. The zero-order valence-electron chi connectivity index (χ0n) is 27.4. The van der Waals surface area contributed by atoms with Gasteiger partial charge in [-0.1, -0.05) is 6.07 Å². The molecule has 3 aromatic carbocycles. The van der Waals surface area contributed by atoms with E-state index in [4.69, 9.17) is 28.4 Å². The number of esters is 1. The maximum absolute atomic E-state index is 13.3. The Hall–Kier alpha value is -5.25. The predicted molar refractivity (Wildman–Crippen MR) is 172 cm³/mol. The Kier molecular flexibility index (Phi) is 10.4. The summed E-state index contributed by atoms with van der Waals surface area (Å²) < 4.78 is 34.5. The Morgan fingerprint density at radius 1 is 0.717 bits per heavy atom. The summed E-state index contributed by atoms with van der Waals surface area (Å²) in [5, 5.41) is 124. The van der Waals surface area contributed by atoms with Crippen LogP contribution in [0.25, 0.3) is 6.08 Å². The Bertz CT molecular complexity index is 1860. The minimum Gasteiger partial charge on any atom is -0.508 e. The number of aliphatic hydroxyl groups excluding tert-OH is 5. The number of carbonyl (C=O) groups is 1. The topological polar surface area (TPSA) is 315 Å². The van der Waals surface area contributed by atoms with Gasteiger partial charge in [-0.2, -0.15) is 0 Å². The molecule has 3 aromatic rings. The molecule has 0 amide bonds. The summed E-state index contributed by atoms with van der Waals surface area (Å²) in [6.45, 7) is 0.743. The van der Waals surface area contributed by atoms with Crippen LogP contribution < -0.4 is 4.74 Å². The summed E-state index contributed by atoms with van der Waals surface area (Å²) in [5.74, 6) is -6.22. The first-order chi connectivity index (χ1) is 25.0. The van der Waals surface area contributed by atoms with Crippen LogP contribution in [0.2, 0.25) is 0 Å². The molecule has 0 bridgehead atoms. The second-order valence-corrected chi connectivity index (χ2v) is 12.6. The first kappa shape index (κ1) is 37.5. The van der Waals surface area contributed by atoms with Crippen LogP contribution in [0.4, 0.5) is 0 Å². The number of phenolic OH excluding ortho intramolecular Hbond substituents is 7. The van der Waals surface area contributed by atoms with E-state index in [1.54, 1.807) is 0 Å². The van der Waals surface area contributed by atoms with Crippen LogP contribution in [0, 0.1) is 0 Å². The van der Waals surface area contributed by atoms with Gasteiger partial charge in [0, 0.05) is 17.7 Å². The molecule has 0 aromatic heterocycles. The average Bonchev–Trinajstić information content (AvgIpc) is 3.11. The second kappa shape index (κ2) is 14.6. The number of benzene rings is 3. The van der Waals surface area contributed by atoms with E-state index in [1.165, 1.54) is 25.1 Å². The largest absolute Gasteiger partial charge is 0.508 e. The lowest BCUT2D eigenvalue weighted by molar-refractivity contribution is -0.324. The van der Waals surface area contributed by atoms with Gasteiger partial charge in [0.05, 0.1) is 23.8 Å². The number of fused-ring (bicyclic) bond motifs is 1. The molecule has 0 radical (unpaired) electrons. The molecule has 3 aliphatic rings. The normalized spacial score (nSPS) is 31.1. The van der Waals surface area contributed by atoms with E-state index in [9.17, 15) is 66.1 Å². The molecule has 19 heteroatoms. The number of rotatable bonds is 8. The highest BCUT2D eigenvalue weighted by atomic mass is 16.7. The summed E-state index contributed by atoms with van der Waals surface area (Å²) in [6, 6.07) is 7.26. The van der Waals surface area contributed by atoms with Crippen LogP contribution in [0.1, 0.15) is 34.5 Å². The van der Waals surface area contributed by atoms with Gasteiger partial charge in [-0.25, -0.2) is 4.79 Å². The maximum atomic E-state index is 13.3. The molecule has 3 heterocycles. The van der Waals surface area contributed by atoms with Gasteiger partial charge >= 0.3 is 5.97 Å². The second-order valence-electron chi connectivity index (χ2n) is 12.6. The van der Waals surface area contributed by atoms with Crippen molar-refractivity contribution in [2.75, 3.05) is 6.61 Å². The van der Waals surface area contributed by atoms with E-state index >= 15 is 0 Å². The molecule has 286 valence electrons. The van der Waals surface area contributed by atoms with Crippen LogP contribution in [-0.4, -0.2) is 135 Å². The van der Waals surface area contributed by atoms with Crippen molar-refractivity contribution in [1.82, 2.24) is 0 Å². The predicted octanol–water partition coefficient (Wildman–Crippen LogP) is -0.367. The summed E-state index contributed by atoms with van der Waals surface area (Å²) in [6.07, 6.45) is -16.9. The smallest absolute Gasteiger partial charge is 0.339 e. The number of phenols is 7. The van der Waals surface area contributed by atoms with Crippen LogP contribution in [-0.2, 0) is 23.7 Å². The van der Waals surface area contributed by atoms with Crippen molar-refractivity contribution in [1.29, 1.82) is 0 Å².